The minimum Gasteiger partial charge on any atom is -0.262 e. The van der Waals surface area contributed by atoms with Crippen molar-refractivity contribution in [3.05, 3.63) is 46.9 Å². The Morgan fingerprint density at radius 3 is 2.94 bits per heavy atom. The van der Waals surface area contributed by atoms with E-state index < -0.39 is 0 Å². The molecule has 2 aromatic rings. The summed E-state index contributed by atoms with van der Waals surface area (Å²) in [6, 6.07) is 5.83. The van der Waals surface area contributed by atoms with Gasteiger partial charge < -0.3 is 0 Å². The number of rotatable bonds is 2. The smallest absolute Gasteiger partial charge is 0.0750 e. The summed E-state index contributed by atoms with van der Waals surface area (Å²) in [5.74, 6) is 0. The summed E-state index contributed by atoms with van der Waals surface area (Å²) >= 11 is 5.91. The molecule has 0 aliphatic heterocycles. The Bertz CT molecular complexity index is 587. The first-order valence-electron chi connectivity index (χ1n) is 5.14. The van der Waals surface area contributed by atoms with Crippen molar-refractivity contribution in [3.63, 3.8) is 0 Å². The van der Waals surface area contributed by atoms with Crippen molar-refractivity contribution in [2.45, 2.75) is 13.3 Å². The highest BCUT2D eigenvalue weighted by atomic mass is 35.5. The predicted molar refractivity (Wildman–Crippen MR) is 66.5 cm³/mol. The van der Waals surface area contributed by atoms with Crippen LogP contribution in [0, 0.1) is 18.3 Å². The highest BCUT2D eigenvalue weighted by molar-refractivity contribution is 6.30. The summed E-state index contributed by atoms with van der Waals surface area (Å²) in [6.07, 6.45) is 5.39. The highest BCUT2D eigenvalue weighted by Crippen LogP contribution is 2.24. The normalized spacial score (nSPS) is 9.94. The van der Waals surface area contributed by atoms with Crippen molar-refractivity contribution in [2.24, 2.45) is 0 Å². The highest BCUT2D eigenvalue weighted by Gasteiger charge is 2.08. The Morgan fingerprint density at radius 2 is 2.24 bits per heavy atom. The molecule has 0 N–H and O–H groups in total. The van der Waals surface area contributed by atoms with E-state index in [0.717, 1.165) is 22.4 Å². The van der Waals surface area contributed by atoms with Crippen LogP contribution in [0.4, 0.5) is 0 Å². The average molecular weight is 244 g/mol. The molecular formula is C13H10ClN3. The molecule has 0 fully saturated rings. The van der Waals surface area contributed by atoms with Gasteiger partial charge in [0.2, 0.25) is 0 Å². The fourth-order valence-electron chi connectivity index (χ4n) is 1.68. The molecule has 0 radical (unpaired) electrons. The Morgan fingerprint density at radius 1 is 1.41 bits per heavy atom. The van der Waals surface area contributed by atoms with E-state index in [1.165, 1.54) is 0 Å². The molecule has 3 nitrogen and oxygen atoms in total. The predicted octanol–water partition coefficient (Wildman–Crippen LogP) is 3.17. The van der Waals surface area contributed by atoms with Gasteiger partial charge in [0.1, 0.15) is 0 Å². The zero-order chi connectivity index (χ0) is 12.3. The van der Waals surface area contributed by atoms with E-state index in [9.17, 15) is 0 Å². The van der Waals surface area contributed by atoms with Crippen LogP contribution >= 0.6 is 11.6 Å². The third-order valence-corrected chi connectivity index (χ3v) is 2.77. The van der Waals surface area contributed by atoms with Crippen molar-refractivity contribution in [2.75, 3.05) is 0 Å². The second-order valence-electron chi connectivity index (χ2n) is 3.67. The minimum absolute atomic E-state index is 0.384. The summed E-state index contributed by atoms with van der Waals surface area (Å²) in [7, 11) is 0. The number of halogens is 1. The fraction of sp³-hybridized carbons (Fsp3) is 0.154. The molecule has 2 heterocycles. The van der Waals surface area contributed by atoms with E-state index in [0.29, 0.717) is 11.4 Å². The van der Waals surface area contributed by atoms with Crippen LogP contribution < -0.4 is 0 Å². The zero-order valence-corrected chi connectivity index (χ0v) is 10.1. The van der Waals surface area contributed by atoms with Gasteiger partial charge in [-0.05, 0) is 30.2 Å². The third kappa shape index (κ3) is 2.43. The molecule has 0 saturated heterocycles. The maximum absolute atomic E-state index is 8.75. The number of nitriles is 1. The Hall–Kier alpha value is -1.92. The SMILES string of the molecule is Cc1c(CC#N)ccnc1-c1cncc(Cl)c1. The average Bonchev–Trinajstić information content (AvgIpc) is 2.32. The molecule has 0 saturated carbocycles. The molecule has 84 valence electrons. The number of pyridine rings is 2. The maximum Gasteiger partial charge on any atom is 0.0750 e. The lowest BCUT2D eigenvalue weighted by Crippen LogP contribution is -1.94. The van der Waals surface area contributed by atoms with Crippen LogP contribution in [0.1, 0.15) is 11.1 Å². The third-order valence-electron chi connectivity index (χ3n) is 2.56. The van der Waals surface area contributed by atoms with Gasteiger partial charge in [0.05, 0.1) is 23.2 Å². The Labute approximate surface area is 105 Å². The Balaban J connectivity index is 2.53. The molecule has 0 aromatic carbocycles. The van der Waals surface area contributed by atoms with Gasteiger partial charge in [0.25, 0.3) is 0 Å². The van der Waals surface area contributed by atoms with Gasteiger partial charge >= 0.3 is 0 Å². The van der Waals surface area contributed by atoms with E-state index in [1.807, 2.05) is 19.1 Å². The summed E-state index contributed by atoms with van der Waals surface area (Å²) in [5.41, 5.74) is 3.68. The van der Waals surface area contributed by atoms with E-state index in [2.05, 4.69) is 16.0 Å². The molecule has 2 aromatic heterocycles. The van der Waals surface area contributed by atoms with Crippen molar-refractivity contribution in [1.29, 1.82) is 5.26 Å². The van der Waals surface area contributed by atoms with Crippen LogP contribution in [0.5, 0.6) is 0 Å². The topological polar surface area (TPSA) is 49.6 Å². The minimum atomic E-state index is 0.384. The molecule has 0 aliphatic rings. The lowest BCUT2D eigenvalue weighted by Gasteiger charge is -2.08. The molecule has 2 rings (SSSR count). The quantitative estimate of drug-likeness (QED) is 0.814. The molecule has 0 spiro atoms. The van der Waals surface area contributed by atoms with Gasteiger partial charge in [0.15, 0.2) is 0 Å². The lowest BCUT2D eigenvalue weighted by atomic mass is 10.0. The number of hydrogen-bond acceptors (Lipinski definition) is 3. The molecule has 17 heavy (non-hydrogen) atoms. The first-order valence-corrected chi connectivity index (χ1v) is 5.52. The van der Waals surface area contributed by atoms with E-state index in [1.54, 1.807) is 18.6 Å². The standard InChI is InChI=1S/C13H10ClN3/c1-9-10(2-4-15)3-5-17-13(9)11-6-12(14)8-16-7-11/h3,5-8H,2H2,1H3. The first kappa shape index (κ1) is 11.6. The number of nitrogens with zero attached hydrogens (tertiary/aromatic N) is 3. The van der Waals surface area contributed by atoms with Crippen LogP contribution in [0.15, 0.2) is 30.7 Å². The molecule has 0 unspecified atom stereocenters. The fourth-order valence-corrected chi connectivity index (χ4v) is 1.86. The van der Waals surface area contributed by atoms with Crippen LogP contribution in [0.25, 0.3) is 11.3 Å². The number of hydrogen-bond donors (Lipinski definition) is 0. The summed E-state index contributed by atoms with van der Waals surface area (Å²) in [5, 5.41) is 9.32. The van der Waals surface area contributed by atoms with Crippen molar-refractivity contribution >= 4 is 11.6 Å². The second kappa shape index (κ2) is 4.94. The first-order chi connectivity index (χ1) is 8.22. The van der Waals surface area contributed by atoms with Crippen LogP contribution in [0.3, 0.4) is 0 Å². The van der Waals surface area contributed by atoms with Crippen molar-refractivity contribution in [1.82, 2.24) is 9.97 Å². The van der Waals surface area contributed by atoms with Crippen LogP contribution in [-0.4, -0.2) is 9.97 Å². The Kier molecular flexibility index (Phi) is 3.36. The van der Waals surface area contributed by atoms with E-state index in [-0.39, 0.29) is 0 Å². The molecule has 0 aliphatic carbocycles. The van der Waals surface area contributed by atoms with Gasteiger partial charge in [-0.1, -0.05) is 11.6 Å². The molecule has 4 heteroatoms. The molecule has 0 atom stereocenters. The molecular weight excluding hydrogens is 234 g/mol. The van der Waals surface area contributed by atoms with E-state index in [4.69, 9.17) is 16.9 Å². The van der Waals surface area contributed by atoms with Crippen molar-refractivity contribution < 1.29 is 0 Å². The van der Waals surface area contributed by atoms with Gasteiger partial charge in [-0.3, -0.25) is 9.97 Å². The van der Waals surface area contributed by atoms with Gasteiger partial charge in [-0.15, -0.1) is 0 Å². The maximum atomic E-state index is 8.75. The van der Waals surface area contributed by atoms with Gasteiger partial charge in [-0.2, -0.15) is 5.26 Å². The lowest BCUT2D eigenvalue weighted by molar-refractivity contribution is 1.15. The van der Waals surface area contributed by atoms with Gasteiger partial charge in [-0.25, -0.2) is 0 Å². The van der Waals surface area contributed by atoms with Crippen molar-refractivity contribution in [3.8, 4) is 17.3 Å². The summed E-state index contributed by atoms with van der Waals surface area (Å²) in [4.78, 5) is 8.36. The van der Waals surface area contributed by atoms with Crippen LogP contribution in [0.2, 0.25) is 5.02 Å². The monoisotopic (exact) mass is 243 g/mol. The van der Waals surface area contributed by atoms with Gasteiger partial charge in [0, 0.05) is 24.2 Å². The second-order valence-corrected chi connectivity index (χ2v) is 4.11. The summed E-state index contributed by atoms with van der Waals surface area (Å²) in [6.45, 7) is 1.95. The van der Waals surface area contributed by atoms with E-state index >= 15 is 0 Å². The molecule has 0 bridgehead atoms. The molecule has 0 amide bonds. The van der Waals surface area contributed by atoms with Crippen LogP contribution in [-0.2, 0) is 6.42 Å². The zero-order valence-electron chi connectivity index (χ0n) is 9.31. The number of aromatic nitrogens is 2. The largest absolute Gasteiger partial charge is 0.262 e. The summed E-state index contributed by atoms with van der Waals surface area (Å²) < 4.78 is 0.